The van der Waals surface area contributed by atoms with Gasteiger partial charge in [-0.15, -0.1) is 0 Å². The largest absolute Gasteiger partial charge is 0.493 e. The second-order valence-electron chi connectivity index (χ2n) is 7.20. The van der Waals surface area contributed by atoms with Gasteiger partial charge in [-0.05, 0) is 50.1 Å². The van der Waals surface area contributed by atoms with Gasteiger partial charge in [0.25, 0.3) is 0 Å². The van der Waals surface area contributed by atoms with Crippen molar-refractivity contribution in [2.45, 2.75) is 32.7 Å². The van der Waals surface area contributed by atoms with Gasteiger partial charge < -0.3 is 14.4 Å². The number of nitrogens with zero attached hydrogens (tertiary/aromatic N) is 1. The van der Waals surface area contributed by atoms with E-state index in [4.69, 9.17) is 14.3 Å². The third-order valence-corrected chi connectivity index (χ3v) is 5.31. The number of carbonyl (C=O) groups excluding carboxylic acids is 2. The van der Waals surface area contributed by atoms with E-state index in [-0.39, 0.29) is 18.2 Å². The smallest absolute Gasteiger partial charge is 0.249 e. The Morgan fingerprint density at radius 3 is 2.43 bits per heavy atom. The van der Waals surface area contributed by atoms with Crippen molar-refractivity contribution < 1.29 is 23.9 Å². The molecule has 2 aromatic carbocycles. The molecule has 0 radical (unpaired) electrons. The molecule has 7 heteroatoms. The molecule has 2 aromatic rings. The molecule has 1 aliphatic heterocycles. The zero-order chi connectivity index (χ0) is 21.7. The van der Waals surface area contributed by atoms with Crippen LogP contribution in [0, 0.1) is 12.8 Å². The van der Waals surface area contributed by atoms with Gasteiger partial charge in [0.2, 0.25) is 11.8 Å². The molecule has 1 N–H and O–H groups in total. The van der Waals surface area contributed by atoms with E-state index < -0.39 is 12.0 Å². The van der Waals surface area contributed by atoms with Gasteiger partial charge in [0, 0.05) is 12.1 Å². The first-order chi connectivity index (χ1) is 14.5. The van der Waals surface area contributed by atoms with Crippen LogP contribution >= 0.6 is 0 Å². The number of hydroxylamine groups is 1. The molecule has 160 valence electrons. The van der Waals surface area contributed by atoms with Crippen molar-refractivity contribution in [1.82, 2.24) is 5.48 Å². The first-order valence-electron chi connectivity index (χ1n) is 10.0. The molecule has 0 aliphatic carbocycles. The Morgan fingerprint density at radius 2 is 1.80 bits per heavy atom. The van der Waals surface area contributed by atoms with Crippen LogP contribution in [0.4, 0.5) is 5.69 Å². The summed E-state index contributed by atoms with van der Waals surface area (Å²) in [6.45, 7) is 4.15. The maximum absolute atomic E-state index is 13.0. The molecule has 1 fully saturated rings. The molecule has 0 bridgehead atoms. The normalized spacial score (nSPS) is 18.8. The van der Waals surface area contributed by atoms with Crippen LogP contribution in [0.25, 0.3) is 0 Å². The number of amides is 2. The Labute approximate surface area is 176 Å². The maximum atomic E-state index is 13.0. The highest BCUT2D eigenvalue weighted by molar-refractivity contribution is 5.97. The van der Waals surface area contributed by atoms with Gasteiger partial charge >= 0.3 is 0 Å². The lowest BCUT2D eigenvalue weighted by Crippen LogP contribution is -2.48. The van der Waals surface area contributed by atoms with Crippen LogP contribution in [-0.2, 0) is 14.4 Å². The van der Waals surface area contributed by atoms with Crippen molar-refractivity contribution in [3.05, 3.63) is 53.6 Å². The molecule has 1 saturated heterocycles. The average molecular weight is 412 g/mol. The Morgan fingerprint density at radius 1 is 1.10 bits per heavy atom. The van der Waals surface area contributed by atoms with E-state index in [0.29, 0.717) is 24.5 Å². The summed E-state index contributed by atoms with van der Waals surface area (Å²) in [6, 6.07) is 12.7. The number of carbonyl (C=O) groups is 2. The summed E-state index contributed by atoms with van der Waals surface area (Å²) in [5.41, 5.74) is 5.15. The van der Waals surface area contributed by atoms with Gasteiger partial charge in [0.05, 0.1) is 32.8 Å². The van der Waals surface area contributed by atoms with Crippen molar-refractivity contribution in [2.75, 3.05) is 25.7 Å². The van der Waals surface area contributed by atoms with Crippen LogP contribution < -0.4 is 19.9 Å². The first kappa shape index (κ1) is 21.6. The van der Waals surface area contributed by atoms with Gasteiger partial charge in [-0.2, -0.15) is 0 Å². The van der Waals surface area contributed by atoms with Crippen molar-refractivity contribution in [2.24, 2.45) is 5.92 Å². The minimum atomic E-state index is -0.505. The molecule has 0 unspecified atom stereocenters. The number of hydrogen-bond acceptors (Lipinski definition) is 5. The van der Waals surface area contributed by atoms with Gasteiger partial charge in [-0.1, -0.05) is 23.8 Å². The van der Waals surface area contributed by atoms with E-state index in [1.807, 2.05) is 43.3 Å². The van der Waals surface area contributed by atoms with E-state index >= 15 is 0 Å². The topological polar surface area (TPSA) is 77.1 Å². The van der Waals surface area contributed by atoms with Crippen LogP contribution in [0.2, 0.25) is 0 Å². The summed E-state index contributed by atoms with van der Waals surface area (Å²) in [6.07, 6.45) is 0.709. The van der Waals surface area contributed by atoms with Crippen molar-refractivity contribution in [3.8, 4) is 11.5 Å². The number of aryl methyl sites for hydroxylation is 1. The monoisotopic (exact) mass is 412 g/mol. The lowest BCUT2D eigenvalue weighted by atomic mass is 9.83. The van der Waals surface area contributed by atoms with Crippen LogP contribution in [0.5, 0.6) is 11.5 Å². The zero-order valence-corrected chi connectivity index (χ0v) is 17.8. The summed E-state index contributed by atoms with van der Waals surface area (Å²) in [5, 5.41) is 0. The number of rotatable bonds is 7. The third-order valence-electron chi connectivity index (χ3n) is 5.31. The predicted octanol–water partition coefficient (Wildman–Crippen LogP) is 3.56. The molecule has 7 nitrogen and oxygen atoms in total. The summed E-state index contributed by atoms with van der Waals surface area (Å²) in [5.74, 6) is 0.371. The fourth-order valence-corrected chi connectivity index (χ4v) is 3.81. The molecule has 2 atom stereocenters. The van der Waals surface area contributed by atoms with Gasteiger partial charge in [-0.25, -0.2) is 5.48 Å². The summed E-state index contributed by atoms with van der Waals surface area (Å²) in [7, 11) is 3.13. The summed E-state index contributed by atoms with van der Waals surface area (Å²) in [4.78, 5) is 32.8. The number of anilines is 1. The number of benzene rings is 2. The van der Waals surface area contributed by atoms with Gasteiger partial charge in [0.1, 0.15) is 0 Å². The minimum absolute atomic E-state index is 0.0286. The number of nitrogens with one attached hydrogen (secondary N) is 1. The van der Waals surface area contributed by atoms with Crippen molar-refractivity contribution in [3.63, 3.8) is 0 Å². The number of ether oxygens (including phenoxy) is 2. The van der Waals surface area contributed by atoms with Crippen LogP contribution in [0.1, 0.15) is 36.9 Å². The number of piperidine rings is 1. The van der Waals surface area contributed by atoms with Crippen LogP contribution in [0.15, 0.2) is 42.5 Å². The van der Waals surface area contributed by atoms with E-state index in [0.717, 1.165) is 16.8 Å². The molecule has 0 aromatic heterocycles. The Hall–Kier alpha value is -3.06. The third kappa shape index (κ3) is 4.41. The van der Waals surface area contributed by atoms with E-state index in [9.17, 15) is 9.59 Å². The first-order valence-corrected chi connectivity index (χ1v) is 10.0. The summed E-state index contributed by atoms with van der Waals surface area (Å²) < 4.78 is 10.8. The van der Waals surface area contributed by atoms with Gasteiger partial charge in [-0.3, -0.25) is 14.4 Å². The van der Waals surface area contributed by atoms with E-state index in [1.54, 1.807) is 32.1 Å². The molecule has 0 saturated carbocycles. The molecule has 3 rings (SSSR count). The standard InChI is InChI=1S/C23H28N2O5/c1-5-30-24-23(27)18-11-13-21(26)25(17-9-6-15(2)7-10-17)22(18)16-8-12-19(28-3)20(14-16)29-4/h6-10,12,14,18,22H,5,11,13H2,1-4H3,(H,24,27)/t18-,22-/m0/s1. The molecule has 1 heterocycles. The SMILES string of the molecule is CCONC(=O)[C@H]1CCC(=O)N(c2ccc(C)cc2)[C@H]1c1ccc(OC)c(OC)c1. The Bertz CT molecular complexity index is 897. The zero-order valence-electron chi connectivity index (χ0n) is 17.8. The lowest BCUT2D eigenvalue weighted by Gasteiger charge is -2.40. The van der Waals surface area contributed by atoms with Crippen LogP contribution in [0.3, 0.4) is 0 Å². The maximum Gasteiger partial charge on any atom is 0.249 e. The van der Waals surface area contributed by atoms with E-state index in [2.05, 4.69) is 5.48 Å². The molecule has 30 heavy (non-hydrogen) atoms. The Kier molecular flexibility index (Phi) is 6.95. The lowest BCUT2D eigenvalue weighted by molar-refractivity contribution is -0.140. The van der Waals surface area contributed by atoms with Crippen molar-refractivity contribution in [1.29, 1.82) is 0 Å². The molecular weight excluding hydrogens is 384 g/mol. The molecular formula is C23H28N2O5. The Balaban J connectivity index is 2.09. The molecule has 0 spiro atoms. The van der Waals surface area contributed by atoms with Crippen LogP contribution in [-0.4, -0.2) is 32.6 Å². The highest BCUT2D eigenvalue weighted by Gasteiger charge is 2.42. The number of methoxy groups -OCH3 is 2. The van der Waals surface area contributed by atoms with Crippen molar-refractivity contribution >= 4 is 17.5 Å². The predicted molar refractivity (Wildman–Crippen MR) is 113 cm³/mol. The van der Waals surface area contributed by atoms with Gasteiger partial charge in [0.15, 0.2) is 11.5 Å². The second kappa shape index (κ2) is 9.63. The highest BCUT2D eigenvalue weighted by atomic mass is 16.6. The fourth-order valence-electron chi connectivity index (χ4n) is 3.81. The number of hydrogen-bond donors (Lipinski definition) is 1. The summed E-state index contributed by atoms with van der Waals surface area (Å²) >= 11 is 0. The minimum Gasteiger partial charge on any atom is -0.493 e. The fraction of sp³-hybridized carbons (Fsp3) is 0.391. The highest BCUT2D eigenvalue weighted by Crippen LogP contribution is 2.42. The molecule has 1 aliphatic rings. The quantitative estimate of drug-likeness (QED) is 0.704. The molecule has 2 amide bonds. The van der Waals surface area contributed by atoms with E-state index in [1.165, 1.54) is 0 Å². The second-order valence-corrected chi connectivity index (χ2v) is 7.20. The average Bonchev–Trinajstić information content (AvgIpc) is 2.77.